The average molecular weight is 268 g/mol. The number of ether oxygens (including phenoxy) is 1. The molecule has 2 aliphatic rings. The second-order valence-electron chi connectivity index (χ2n) is 5.90. The summed E-state index contributed by atoms with van der Waals surface area (Å²) in [6.07, 6.45) is 6.71. The van der Waals surface area contributed by atoms with Crippen molar-refractivity contribution in [3.63, 3.8) is 0 Å². The van der Waals surface area contributed by atoms with Crippen molar-refractivity contribution in [2.45, 2.75) is 51.0 Å². The maximum Gasteiger partial charge on any atom is 0.222 e. The topological polar surface area (TPSA) is 32.8 Å². The Morgan fingerprint density at radius 3 is 2.58 bits per heavy atom. The third-order valence-electron chi connectivity index (χ3n) is 4.87. The standard InChI is InChI=1S/C15H28N2O2/c1-3-14(18)16-11-7-15(8-12-16)6-4-9-17(15)10-5-13-19-2/h3-13H2,1-2H3. The predicted molar refractivity (Wildman–Crippen MR) is 76.1 cm³/mol. The summed E-state index contributed by atoms with van der Waals surface area (Å²) in [5.41, 5.74) is 0.387. The number of methoxy groups -OCH3 is 1. The molecule has 0 aromatic rings. The third-order valence-corrected chi connectivity index (χ3v) is 4.87. The molecule has 19 heavy (non-hydrogen) atoms. The lowest BCUT2D eigenvalue weighted by molar-refractivity contribution is -0.133. The van der Waals surface area contributed by atoms with Gasteiger partial charge in [-0.3, -0.25) is 9.69 Å². The van der Waals surface area contributed by atoms with Crippen LogP contribution in [-0.2, 0) is 9.53 Å². The van der Waals surface area contributed by atoms with Gasteiger partial charge in [-0.2, -0.15) is 0 Å². The van der Waals surface area contributed by atoms with E-state index in [1.807, 2.05) is 6.92 Å². The molecule has 2 fully saturated rings. The first-order valence-electron chi connectivity index (χ1n) is 7.73. The van der Waals surface area contributed by atoms with Crippen LogP contribution in [-0.4, -0.2) is 61.1 Å². The van der Waals surface area contributed by atoms with E-state index >= 15 is 0 Å². The summed E-state index contributed by atoms with van der Waals surface area (Å²) < 4.78 is 5.16. The van der Waals surface area contributed by atoms with Gasteiger partial charge < -0.3 is 9.64 Å². The molecule has 1 amide bonds. The van der Waals surface area contributed by atoms with Crippen molar-refractivity contribution in [1.82, 2.24) is 9.80 Å². The van der Waals surface area contributed by atoms with Crippen molar-refractivity contribution in [3.05, 3.63) is 0 Å². The molecular weight excluding hydrogens is 240 g/mol. The van der Waals surface area contributed by atoms with Gasteiger partial charge in [0.25, 0.3) is 0 Å². The molecule has 1 spiro atoms. The minimum atomic E-state index is 0.318. The summed E-state index contributed by atoms with van der Waals surface area (Å²) in [6, 6.07) is 0. The fourth-order valence-electron chi connectivity index (χ4n) is 3.71. The number of carbonyl (C=O) groups is 1. The Balaban J connectivity index is 1.87. The smallest absolute Gasteiger partial charge is 0.222 e. The lowest BCUT2D eigenvalue weighted by atomic mass is 9.84. The number of likely N-dealkylation sites (tertiary alicyclic amines) is 2. The Kier molecular flexibility index (Phi) is 5.22. The highest BCUT2D eigenvalue weighted by atomic mass is 16.5. The van der Waals surface area contributed by atoms with Gasteiger partial charge in [0, 0.05) is 45.3 Å². The molecule has 0 aromatic heterocycles. The van der Waals surface area contributed by atoms with Gasteiger partial charge in [-0.05, 0) is 38.6 Å². The number of nitrogens with zero attached hydrogens (tertiary/aromatic N) is 2. The first-order chi connectivity index (χ1) is 9.22. The normalized spacial score (nSPS) is 23.2. The van der Waals surface area contributed by atoms with Gasteiger partial charge in [0.2, 0.25) is 5.91 Å². The number of rotatable bonds is 5. The van der Waals surface area contributed by atoms with Gasteiger partial charge in [0.1, 0.15) is 0 Å². The molecule has 4 nitrogen and oxygen atoms in total. The summed E-state index contributed by atoms with van der Waals surface area (Å²) in [5.74, 6) is 0.318. The molecule has 4 heteroatoms. The van der Waals surface area contributed by atoms with Crippen LogP contribution in [0.4, 0.5) is 0 Å². The number of piperidine rings is 1. The highest BCUT2D eigenvalue weighted by molar-refractivity contribution is 5.75. The van der Waals surface area contributed by atoms with E-state index in [0.29, 0.717) is 17.9 Å². The lowest BCUT2D eigenvalue weighted by Crippen LogP contribution is -2.53. The highest BCUT2D eigenvalue weighted by Crippen LogP contribution is 2.38. The lowest BCUT2D eigenvalue weighted by Gasteiger charge is -2.45. The quantitative estimate of drug-likeness (QED) is 0.714. The monoisotopic (exact) mass is 268 g/mol. The third kappa shape index (κ3) is 3.29. The van der Waals surface area contributed by atoms with E-state index in [9.17, 15) is 4.79 Å². The Labute approximate surface area is 117 Å². The van der Waals surface area contributed by atoms with E-state index in [2.05, 4.69) is 9.80 Å². The summed E-state index contributed by atoms with van der Waals surface area (Å²) >= 11 is 0. The Morgan fingerprint density at radius 2 is 1.95 bits per heavy atom. The molecule has 0 unspecified atom stereocenters. The number of amides is 1. The SMILES string of the molecule is CCC(=O)N1CCC2(CCCN2CCCOC)CC1. The van der Waals surface area contributed by atoms with Gasteiger partial charge in [0.05, 0.1) is 0 Å². The molecule has 2 saturated heterocycles. The second kappa shape index (κ2) is 6.71. The first-order valence-corrected chi connectivity index (χ1v) is 7.73. The van der Waals surface area contributed by atoms with E-state index in [0.717, 1.165) is 45.5 Å². The van der Waals surface area contributed by atoms with E-state index in [1.165, 1.54) is 19.4 Å². The molecule has 0 aliphatic carbocycles. The molecule has 2 heterocycles. The van der Waals surface area contributed by atoms with Gasteiger partial charge >= 0.3 is 0 Å². The number of hydrogen-bond acceptors (Lipinski definition) is 3. The van der Waals surface area contributed by atoms with Crippen LogP contribution in [0, 0.1) is 0 Å². The zero-order chi connectivity index (χ0) is 13.7. The molecule has 0 atom stereocenters. The molecule has 110 valence electrons. The van der Waals surface area contributed by atoms with Crippen LogP contribution in [0.3, 0.4) is 0 Å². The maximum absolute atomic E-state index is 11.8. The van der Waals surface area contributed by atoms with Crippen LogP contribution >= 0.6 is 0 Å². The van der Waals surface area contributed by atoms with Crippen molar-refractivity contribution in [1.29, 1.82) is 0 Å². The van der Waals surface area contributed by atoms with Gasteiger partial charge in [-0.15, -0.1) is 0 Å². The van der Waals surface area contributed by atoms with Gasteiger partial charge in [-0.25, -0.2) is 0 Å². The molecular formula is C15H28N2O2. The van der Waals surface area contributed by atoms with E-state index in [1.54, 1.807) is 7.11 Å². The van der Waals surface area contributed by atoms with Gasteiger partial charge in [-0.1, -0.05) is 6.92 Å². The Bertz CT molecular complexity index is 299. The zero-order valence-electron chi connectivity index (χ0n) is 12.5. The molecule has 0 aromatic carbocycles. The van der Waals surface area contributed by atoms with Gasteiger partial charge in [0.15, 0.2) is 0 Å². The van der Waals surface area contributed by atoms with Crippen LogP contribution in [0.5, 0.6) is 0 Å². The van der Waals surface area contributed by atoms with Crippen LogP contribution in [0.25, 0.3) is 0 Å². The van der Waals surface area contributed by atoms with Crippen molar-refractivity contribution < 1.29 is 9.53 Å². The molecule has 0 saturated carbocycles. The van der Waals surface area contributed by atoms with E-state index in [4.69, 9.17) is 4.74 Å². The zero-order valence-corrected chi connectivity index (χ0v) is 12.5. The molecule has 0 N–H and O–H groups in total. The van der Waals surface area contributed by atoms with Crippen molar-refractivity contribution >= 4 is 5.91 Å². The highest BCUT2D eigenvalue weighted by Gasteiger charge is 2.43. The summed E-state index contributed by atoms with van der Waals surface area (Å²) in [5, 5.41) is 0. The molecule has 2 aliphatic heterocycles. The predicted octanol–water partition coefficient (Wildman–Crippen LogP) is 1.89. The number of hydrogen-bond donors (Lipinski definition) is 0. The largest absolute Gasteiger partial charge is 0.385 e. The van der Waals surface area contributed by atoms with Crippen molar-refractivity contribution in [2.75, 3.05) is 39.9 Å². The van der Waals surface area contributed by atoms with Crippen LogP contribution in [0.15, 0.2) is 0 Å². The Hall–Kier alpha value is -0.610. The first kappa shape index (κ1) is 14.8. The Morgan fingerprint density at radius 1 is 1.21 bits per heavy atom. The minimum Gasteiger partial charge on any atom is -0.385 e. The molecule has 0 radical (unpaired) electrons. The summed E-state index contributed by atoms with van der Waals surface area (Å²) in [4.78, 5) is 16.5. The van der Waals surface area contributed by atoms with E-state index in [-0.39, 0.29) is 0 Å². The van der Waals surface area contributed by atoms with Crippen LogP contribution in [0.2, 0.25) is 0 Å². The van der Waals surface area contributed by atoms with E-state index < -0.39 is 0 Å². The maximum atomic E-state index is 11.8. The fraction of sp³-hybridized carbons (Fsp3) is 0.933. The van der Waals surface area contributed by atoms with Crippen LogP contribution in [0.1, 0.15) is 45.4 Å². The van der Waals surface area contributed by atoms with Crippen molar-refractivity contribution in [3.8, 4) is 0 Å². The van der Waals surface area contributed by atoms with Crippen molar-refractivity contribution in [2.24, 2.45) is 0 Å². The van der Waals surface area contributed by atoms with Crippen LogP contribution < -0.4 is 0 Å². The number of carbonyl (C=O) groups excluding carboxylic acids is 1. The second-order valence-corrected chi connectivity index (χ2v) is 5.90. The fourth-order valence-corrected chi connectivity index (χ4v) is 3.71. The summed E-state index contributed by atoms with van der Waals surface area (Å²) in [7, 11) is 1.77. The molecule has 0 bridgehead atoms. The summed E-state index contributed by atoms with van der Waals surface area (Å²) in [6.45, 7) is 7.09. The average Bonchev–Trinajstić information content (AvgIpc) is 2.82. The molecule has 2 rings (SSSR count). The minimum absolute atomic E-state index is 0.318.